The molecule has 0 heterocycles. The largest absolute Gasteiger partial charge is 0.342 e. The molecule has 0 aliphatic carbocycles. The van der Waals surface area contributed by atoms with Crippen molar-refractivity contribution in [2.45, 2.75) is 26.2 Å². The van der Waals surface area contributed by atoms with Crippen molar-refractivity contribution in [2.24, 2.45) is 0 Å². The number of hydrogen-bond donors (Lipinski definition) is 0. The first-order valence-corrected chi connectivity index (χ1v) is 7.26. The summed E-state index contributed by atoms with van der Waals surface area (Å²) in [5.41, 5.74) is 0.979. The van der Waals surface area contributed by atoms with Crippen LogP contribution in [0, 0.1) is 12.7 Å². The molecule has 1 rings (SSSR count). The van der Waals surface area contributed by atoms with E-state index in [9.17, 15) is 9.18 Å². The van der Waals surface area contributed by atoms with Gasteiger partial charge in [0, 0.05) is 24.5 Å². The molecule has 4 heteroatoms. The number of nitrogens with zero attached hydrogens (tertiary/aromatic N) is 1. The molecule has 0 saturated heterocycles. The zero-order chi connectivity index (χ0) is 13.5. The lowest BCUT2D eigenvalue weighted by Gasteiger charge is -2.17. The predicted molar refractivity (Wildman–Crippen MR) is 75.7 cm³/mol. The van der Waals surface area contributed by atoms with Crippen LogP contribution >= 0.6 is 15.9 Å². The molecule has 0 spiro atoms. The van der Waals surface area contributed by atoms with Gasteiger partial charge in [0.05, 0.1) is 0 Å². The molecule has 0 unspecified atom stereocenters. The Labute approximate surface area is 116 Å². The molecule has 0 N–H and O–H groups in total. The van der Waals surface area contributed by atoms with Gasteiger partial charge in [-0.25, -0.2) is 4.39 Å². The van der Waals surface area contributed by atoms with E-state index in [2.05, 4.69) is 15.9 Å². The van der Waals surface area contributed by atoms with Gasteiger partial charge in [-0.15, -0.1) is 0 Å². The lowest BCUT2D eigenvalue weighted by molar-refractivity contribution is 0.0792. The van der Waals surface area contributed by atoms with E-state index in [1.165, 1.54) is 6.07 Å². The van der Waals surface area contributed by atoms with Crippen LogP contribution in [-0.4, -0.2) is 29.7 Å². The van der Waals surface area contributed by atoms with Crippen LogP contribution in [-0.2, 0) is 0 Å². The van der Waals surface area contributed by atoms with Crippen LogP contribution in [0.4, 0.5) is 4.39 Å². The Kier molecular flexibility index (Phi) is 6.33. The average molecular weight is 316 g/mol. The van der Waals surface area contributed by atoms with E-state index in [1.54, 1.807) is 31.0 Å². The molecular weight excluding hydrogens is 297 g/mol. The molecule has 0 aliphatic rings. The first-order valence-electron chi connectivity index (χ1n) is 6.14. The highest BCUT2D eigenvalue weighted by Gasteiger charge is 2.12. The topological polar surface area (TPSA) is 20.3 Å². The Morgan fingerprint density at radius 3 is 2.67 bits per heavy atom. The molecule has 100 valence electrons. The average Bonchev–Trinajstić information content (AvgIpc) is 2.37. The number of unbranched alkanes of at least 4 members (excludes halogenated alkanes) is 2. The first-order chi connectivity index (χ1) is 8.56. The number of alkyl halides is 1. The van der Waals surface area contributed by atoms with Crippen LogP contribution in [0.25, 0.3) is 0 Å². The number of carbonyl (C=O) groups excluding carboxylic acids is 1. The second-order valence-electron chi connectivity index (χ2n) is 4.44. The zero-order valence-corrected chi connectivity index (χ0v) is 12.5. The van der Waals surface area contributed by atoms with Crippen LogP contribution in [0.1, 0.15) is 35.2 Å². The van der Waals surface area contributed by atoms with Gasteiger partial charge in [-0.2, -0.15) is 0 Å². The van der Waals surface area contributed by atoms with Crippen LogP contribution in [0.5, 0.6) is 0 Å². The Morgan fingerprint density at radius 1 is 1.33 bits per heavy atom. The molecule has 0 aromatic heterocycles. The lowest BCUT2D eigenvalue weighted by Crippen LogP contribution is -2.27. The summed E-state index contributed by atoms with van der Waals surface area (Å²) in [5.74, 6) is -0.443. The molecule has 1 aromatic carbocycles. The van der Waals surface area contributed by atoms with Gasteiger partial charge in [-0.3, -0.25) is 4.79 Å². The van der Waals surface area contributed by atoms with Crippen molar-refractivity contribution in [1.82, 2.24) is 4.90 Å². The van der Waals surface area contributed by atoms with Crippen LogP contribution < -0.4 is 0 Å². The molecule has 0 atom stereocenters. The maximum atomic E-state index is 13.4. The SMILES string of the molecule is Cc1ccc(C(=O)N(C)CCCCCBr)cc1F. The van der Waals surface area contributed by atoms with Gasteiger partial charge in [-0.05, 0) is 37.5 Å². The van der Waals surface area contributed by atoms with Crippen molar-refractivity contribution < 1.29 is 9.18 Å². The van der Waals surface area contributed by atoms with Gasteiger partial charge in [-0.1, -0.05) is 28.4 Å². The van der Waals surface area contributed by atoms with Crippen LogP contribution in [0.15, 0.2) is 18.2 Å². The number of hydrogen-bond acceptors (Lipinski definition) is 1. The number of amides is 1. The second kappa shape index (κ2) is 7.52. The summed E-state index contributed by atoms with van der Waals surface area (Å²) in [6.07, 6.45) is 3.18. The third-order valence-electron chi connectivity index (χ3n) is 2.89. The molecule has 0 saturated carbocycles. The molecule has 0 radical (unpaired) electrons. The van der Waals surface area contributed by atoms with E-state index in [0.29, 0.717) is 17.7 Å². The van der Waals surface area contributed by atoms with E-state index in [4.69, 9.17) is 0 Å². The summed E-state index contributed by atoms with van der Waals surface area (Å²) < 4.78 is 13.4. The van der Waals surface area contributed by atoms with Gasteiger partial charge in [0.25, 0.3) is 5.91 Å². The number of halogens is 2. The molecular formula is C14H19BrFNO. The van der Waals surface area contributed by atoms with Crippen LogP contribution in [0.2, 0.25) is 0 Å². The monoisotopic (exact) mass is 315 g/mol. The normalized spacial score (nSPS) is 10.4. The van der Waals surface area contributed by atoms with Crippen molar-refractivity contribution in [2.75, 3.05) is 18.9 Å². The molecule has 0 fully saturated rings. The molecule has 18 heavy (non-hydrogen) atoms. The Morgan fingerprint density at radius 2 is 2.06 bits per heavy atom. The van der Waals surface area contributed by atoms with Crippen molar-refractivity contribution in [1.29, 1.82) is 0 Å². The fourth-order valence-electron chi connectivity index (χ4n) is 1.67. The predicted octanol–water partition coefficient (Wildman–Crippen LogP) is 3.77. The number of aryl methyl sites for hydroxylation is 1. The minimum atomic E-state index is -0.325. The third kappa shape index (κ3) is 4.41. The summed E-state index contributed by atoms with van der Waals surface area (Å²) in [6.45, 7) is 2.40. The fourth-order valence-corrected chi connectivity index (χ4v) is 2.06. The number of benzene rings is 1. The Balaban J connectivity index is 2.54. The van der Waals surface area contributed by atoms with Crippen molar-refractivity contribution >= 4 is 21.8 Å². The van der Waals surface area contributed by atoms with Crippen LogP contribution in [0.3, 0.4) is 0 Å². The van der Waals surface area contributed by atoms with E-state index in [1.807, 2.05) is 0 Å². The molecule has 1 amide bonds. The fraction of sp³-hybridized carbons (Fsp3) is 0.500. The Bertz CT molecular complexity index is 409. The zero-order valence-electron chi connectivity index (χ0n) is 10.9. The van der Waals surface area contributed by atoms with Gasteiger partial charge >= 0.3 is 0 Å². The molecule has 0 aliphatic heterocycles. The van der Waals surface area contributed by atoms with E-state index >= 15 is 0 Å². The van der Waals surface area contributed by atoms with Crippen molar-refractivity contribution in [3.8, 4) is 0 Å². The quantitative estimate of drug-likeness (QED) is 0.578. The molecule has 2 nitrogen and oxygen atoms in total. The summed E-state index contributed by atoms with van der Waals surface area (Å²) in [5, 5.41) is 0.994. The minimum Gasteiger partial charge on any atom is -0.342 e. The van der Waals surface area contributed by atoms with E-state index < -0.39 is 0 Å². The van der Waals surface area contributed by atoms with Gasteiger partial charge in [0.15, 0.2) is 0 Å². The highest BCUT2D eigenvalue weighted by molar-refractivity contribution is 9.09. The van der Waals surface area contributed by atoms with Crippen molar-refractivity contribution in [3.63, 3.8) is 0 Å². The van der Waals surface area contributed by atoms with E-state index in [-0.39, 0.29) is 11.7 Å². The summed E-state index contributed by atoms with van der Waals surface area (Å²) in [6, 6.07) is 4.63. The van der Waals surface area contributed by atoms with Crippen molar-refractivity contribution in [3.05, 3.63) is 35.1 Å². The smallest absolute Gasteiger partial charge is 0.253 e. The standard InChI is InChI=1S/C14H19BrFNO/c1-11-6-7-12(10-13(11)16)14(18)17(2)9-5-3-4-8-15/h6-7,10H,3-5,8-9H2,1-2H3. The molecule has 1 aromatic rings. The minimum absolute atomic E-state index is 0.118. The van der Waals surface area contributed by atoms with Gasteiger partial charge < -0.3 is 4.90 Å². The summed E-state index contributed by atoms with van der Waals surface area (Å²) in [4.78, 5) is 13.7. The summed E-state index contributed by atoms with van der Waals surface area (Å²) in [7, 11) is 1.76. The molecule has 0 bridgehead atoms. The maximum Gasteiger partial charge on any atom is 0.253 e. The second-order valence-corrected chi connectivity index (χ2v) is 5.23. The Hall–Kier alpha value is -0.900. The third-order valence-corrected chi connectivity index (χ3v) is 3.45. The highest BCUT2D eigenvalue weighted by atomic mass is 79.9. The number of rotatable bonds is 6. The first kappa shape index (κ1) is 15.2. The number of carbonyl (C=O) groups is 1. The summed E-state index contributed by atoms with van der Waals surface area (Å²) >= 11 is 3.37. The highest BCUT2D eigenvalue weighted by Crippen LogP contribution is 2.11. The van der Waals surface area contributed by atoms with Gasteiger partial charge in [0.1, 0.15) is 5.82 Å². The lowest BCUT2D eigenvalue weighted by atomic mass is 10.1. The van der Waals surface area contributed by atoms with E-state index in [0.717, 1.165) is 24.6 Å². The van der Waals surface area contributed by atoms with Gasteiger partial charge in [0.2, 0.25) is 0 Å². The maximum absolute atomic E-state index is 13.4.